The summed E-state index contributed by atoms with van der Waals surface area (Å²) in [5.74, 6) is -0.656. The van der Waals surface area contributed by atoms with Gasteiger partial charge in [0.05, 0.1) is 0 Å². The Kier molecular flexibility index (Phi) is 23.6. The van der Waals surface area contributed by atoms with Gasteiger partial charge in [0.25, 0.3) is 0 Å². The molecule has 0 aromatic carbocycles. The maximum absolute atomic E-state index is 10.8. The van der Waals surface area contributed by atoms with Gasteiger partial charge < -0.3 is 10.0 Å². The van der Waals surface area contributed by atoms with Crippen LogP contribution in [-0.4, -0.2) is 35.1 Å². The van der Waals surface area contributed by atoms with Crippen molar-refractivity contribution in [3.05, 3.63) is 0 Å². The lowest BCUT2D eigenvalue weighted by molar-refractivity contribution is -0.137. The van der Waals surface area contributed by atoms with Gasteiger partial charge in [-0.1, -0.05) is 117 Å². The Morgan fingerprint density at radius 1 is 0.613 bits per heavy atom. The molecule has 0 bridgehead atoms. The molecule has 1 unspecified atom stereocenters. The zero-order valence-corrected chi connectivity index (χ0v) is 21.6. The van der Waals surface area contributed by atoms with Crippen LogP contribution in [0.3, 0.4) is 0 Å². The van der Waals surface area contributed by atoms with Crippen molar-refractivity contribution in [1.82, 2.24) is 4.90 Å². The summed E-state index contributed by atoms with van der Waals surface area (Å²) in [4.78, 5) is 13.5. The van der Waals surface area contributed by atoms with Crippen molar-refractivity contribution in [2.45, 2.75) is 162 Å². The Balaban J connectivity index is 3.98. The van der Waals surface area contributed by atoms with Gasteiger partial charge >= 0.3 is 5.97 Å². The van der Waals surface area contributed by atoms with Crippen molar-refractivity contribution in [3.8, 4) is 0 Å². The summed E-state index contributed by atoms with van der Waals surface area (Å²) in [5.41, 5.74) is 0. The first-order chi connectivity index (χ1) is 15.1. The van der Waals surface area contributed by atoms with Gasteiger partial charge in [0.15, 0.2) is 0 Å². The number of carboxylic acid groups (broad SMARTS) is 1. The number of hydrogen-bond donors (Lipinski definition) is 1. The number of aliphatic carboxylic acids is 1. The van der Waals surface area contributed by atoms with Gasteiger partial charge in [-0.25, -0.2) is 0 Å². The minimum absolute atomic E-state index is 0.314. The molecule has 0 aromatic rings. The summed E-state index contributed by atoms with van der Waals surface area (Å²) in [6.45, 7) is 9.26. The highest BCUT2D eigenvalue weighted by Gasteiger charge is 2.13. The standard InChI is InChI=1S/C28H57NO2/c1-4-6-8-10-12-14-16-18-20-25-29(27(3)23-22-24-28(30)31)26-21-19-17-15-13-11-9-7-5-2/h27H,4-26H2,1-3H3,(H,30,31). The van der Waals surface area contributed by atoms with Crippen LogP contribution in [0, 0.1) is 0 Å². The van der Waals surface area contributed by atoms with Crippen LogP contribution in [-0.2, 0) is 4.79 Å². The van der Waals surface area contributed by atoms with E-state index in [0.29, 0.717) is 12.5 Å². The van der Waals surface area contributed by atoms with Crippen LogP contribution < -0.4 is 0 Å². The van der Waals surface area contributed by atoms with E-state index < -0.39 is 5.97 Å². The summed E-state index contributed by atoms with van der Waals surface area (Å²) in [5, 5.41) is 8.94. The molecule has 0 saturated heterocycles. The fourth-order valence-corrected chi connectivity index (χ4v) is 4.53. The van der Waals surface area contributed by atoms with Crippen LogP contribution in [0.1, 0.15) is 156 Å². The molecule has 3 nitrogen and oxygen atoms in total. The van der Waals surface area contributed by atoms with E-state index in [9.17, 15) is 4.79 Å². The van der Waals surface area contributed by atoms with Crippen molar-refractivity contribution in [2.75, 3.05) is 13.1 Å². The van der Waals surface area contributed by atoms with Crippen molar-refractivity contribution in [2.24, 2.45) is 0 Å². The fourth-order valence-electron chi connectivity index (χ4n) is 4.53. The van der Waals surface area contributed by atoms with E-state index in [2.05, 4.69) is 25.7 Å². The maximum Gasteiger partial charge on any atom is 0.303 e. The average molecular weight is 440 g/mol. The molecule has 3 heteroatoms. The molecule has 31 heavy (non-hydrogen) atoms. The second-order valence-electron chi connectivity index (χ2n) is 9.83. The SMILES string of the molecule is CCCCCCCCCCCN(CCCCCCCCCCC)C(C)CCCC(=O)O. The lowest BCUT2D eigenvalue weighted by Gasteiger charge is -2.29. The van der Waals surface area contributed by atoms with Crippen molar-refractivity contribution >= 4 is 5.97 Å². The molecule has 0 saturated carbocycles. The summed E-state index contributed by atoms with van der Waals surface area (Å²) < 4.78 is 0. The summed E-state index contributed by atoms with van der Waals surface area (Å²) in [7, 11) is 0. The number of carbonyl (C=O) groups is 1. The predicted molar refractivity (Wildman–Crippen MR) is 137 cm³/mol. The minimum atomic E-state index is -0.656. The molecular formula is C28H57NO2. The van der Waals surface area contributed by atoms with Gasteiger partial charge in [-0.15, -0.1) is 0 Å². The third-order valence-corrected chi connectivity index (χ3v) is 6.73. The number of hydrogen-bond acceptors (Lipinski definition) is 2. The average Bonchev–Trinajstić information content (AvgIpc) is 2.75. The zero-order chi connectivity index (χ0) is 23.0. The Labute approximate surface area is 195 Å². The van der Waals surface area contributed by atoms with Crippen LogP contribution in [0.25, 0.3) is 0 Å². The van der Waals surface area contributed by atoms with Crippen LogP contribution in [0.5, 0.6) is 0 Å². The molecule has 0 aliphatic rings. The molecule has 0 fully saturated rings. The molecule has 0 heterocycles. The summed E-state index contributed by atoms with van der Waals surface area (Å²) in [6.07, 6.45) is 26.9. The van der Waals surface area contributed by atoms with E-state index >= 15 is 0 Å². The smallest absolute Gasteiger partial charge is 0.303 e. The summed E-state index contributed by atoms with van der Waals surface area (Å²) in [6, 6.07) is 0.516. The van der Waals surface area contributed by atoms with Crippen molar-refractivity contribution in [1.29, 1.82) is 0 Å². The van der Waals surface area contributed by atoms with E-state index in [1.54, 1.807) is 0 Å². The molecule has 0 aromatic heterocycles. The summed E-state index contributed by atoms with van der Waals surface area (Å²) >= 11 is 0. The predicted octanol–water partition coefficient (Wildman–Crippen LogP) is 8.99. The second-order valence-corrected chi connectivity index (χ2v) is 9.83. The molecule has 186 valence electrons. The highest BCUT2D eigenvalue weighted by Crippen LogP contribution is 2.15. The molecule has 1 atom stereocenters. The third-order valence-electron chi connectivity index (χ3n) is 6.73. The largest absolute Gasteiger partial charge is 0.481 e. The first-order valence-electron chi connectivity index (χ1n) is 14.1. The second kappa shape index (κ2) is 24.1. The molecule has 0 amide bonds. The first-order valence-corrected chi connectivity index (χ1v) is 14.1. The molecule has 0 rings (SSSR count). The molecule has 0 aliphatic carbocycles. The molecule has 0 aliphatic heterocycles. The van der Waals surface area contributed by atoms with E-state index in [4.69, 9.17) is 5.11 Å². The van der Waals surface area contributed by atoms with Crippen LogP contribution >= 0.6 is 0 Å². The molecule has 0 spiro atoms. The lowest BCUT2D eigenvalue weighted by atomic mass is 10.0. The Morgan fingerprint density at radius 2 is 0.968 bits per heavy atom. The third kappa shape index (κ3) is 22.4. The Morgan fingerprint density at radius 3 is 1.32 bits per heavy atom. The fraction of sp³-hybridized carbons (Fsp3) is 0.964. The van der Waals surface area contributed by atoms with Crippen LogP contribution in [0.4, 0.5) is 0 Å². The van der Waals surface area contributed by atoms with Gasteiger partial charge in [0.1, 0.15) is 0 Å². The van der Waals surface area contributed by atoms with Crippen LogP contribution in [0.15, 0.2) is 0 Å². The number of nitrogens with zero attached hydrogens (tertiary/aromatic N) is 1. The van der Waals surface area contributed by atoms with Gasteiger partial charge in [0.2, 0.25) is 0 Å². The molecule has 0 radical (unpaired) electrons. The van der Waals surface area contributed by atoms with Gasteiger partial charge in [-0.3, -0.25) is 4.79 Å². The van der Waals surface area contributed by atoms with E-state index in [1.165, 1.54) is 129 Å². The van der Waals surface area contributed by atoms with Crippen molar-refractivity contribution in [3.63, 3.8) is 0 Å². The quantitative estimate of drug-likeness (QED) is 0.144. The van der Waals surface area contributed by atoms with Crippen molar-refractivity contribution < 1.29 is 9.90 Å². The number of rotatable bonds is 25. The maximum atomic E-state index is 10.8. The van der Waals surface area contributed by atoms with Gasteiger partial charge in [-0.2, -0.15) is 0 Å². The minimum Gasteiger partial charge on any atom is -0.481 e. The molecular weight excluding hydrogens is 382 g/mol. The monoisotopic (exact) mass is 439 g/mol. The Bertz CT molecular complexity index is 350. The van der Waals surface area contributed by atoms with E-state index in [0.717, 1.165) is 12.8 Å². The molecule has 1 N–H and O–H groups in total. The van der Waals surface area contributed by atoms with Gasteiger partial charge in [-0.05, 0) is 45.7 Å². The zero-order valence-electron chi connectivity index (χ0n) is 21.6. The Hall–Kier alpha value is -0.570. The highest BCUT2D eigenvalue weighted by atomic mass is 16.4. The number of carboxylic acids is 1. The van der Waals surface area contributed by atoms with Crippen LogP contribution in [0.2, 0.25) is 0 Å². The van der Waals surface area contributed by atoms with Gasteiger partial charge in [0, 0.05) is 12.5 Å². The topological polar surface area (TPSA) is 40.5 Å². The highest BCUT2D eigenvalue weighted by molar-refractivity contribution is 5.66. The van der Waals surface area contributed by atoms with E-state index in [-0.39, 0.29) is 0 Å². The number of unbranched alkanes of at least 4 members (excludes halogenated alkanes) is 16. The first kappa shape index (κ1) is 30.4. The van der Waals surface area contributed by atoms with E-state index in [1.807, 2.05) is 0 Å². The normalized spacial score (nSPS) is 12.5. The lowest BCUT2D eigenvalue weighted by Crippen LogP contribution is -2.35.